The van der Waals surface area contributed by atoms with Crippen LogP contribution in [-0.2, 0) is 11.0 Å². The summed E-state index contributed by atoms with van der Waals surface area (Å²) < 4.78 is 37.9. The lowest BCUT2D eigenvalue weighted by molar-refractivity contribution is -0.138. The highest BCUT2D eigenvalue weighted by atomic mass is 35.5. The smallest absolute Gasteiger partial charge is 0.417 e. The topological polar surface area (TPSA) is 56.7 Å². The van der Waals surface area contributed by atoms with E-state index < -0.39 is 17.7 Å². The van der Waals surface area contributed by atoms with Gasteiger partial charge in [-0.15, -0.1) is 0 Å². The van der Waals surface area contributed by atoms with Gasteiger partial charge >= 0.3 is 12.1 Å². The van der Waals surface area contributed by atoms with E-state index in [0.29, 0.717) is 25.3 Å². The SMILES string of the molecule is O=C(O)CCCCN1CCN(c2ncc(C(F)(F)F)cc2Cl)CC1. The molecule has 0 spiro atoms. The summed E-state index contributed by atoms with van der Waals surface area (Å²) >= 11 is 5.96. The summed E-state index contributed by atoms with van der Waals surface area (Å²) in [4.78, 5) is 18.4. The molecule has 0 atom stereocenters. The first-order chi connectivity index (χ1) is 11.3. The van der Waals surface area contributed by atoms with Crippen LogP contribution in [0, 0.1) is 0 Å². The number of carbonyl (C=O) groups is 1. The van der Waals surface area contributed by atoms with Crippen molar-refractivity contribution in [1.29, 1.82) is 0 Å². The second kappa shape index (κ2) is 8.02. The van der Waals surface area contributed by atoms with Crippen LogP contribution < -0.4 is 4.90 Å². The number of alkyl halides is 3. The number of hydrogen-bond acceptors (Lipinski definition) is 4. The van der Waals surface area contributed by atoms with Gasteiger partial charge < -0.3 is 10.0 Å². The molecule has 9 heteroatoms. The van der Waals surface area contributed by atoms with E-state index in [1.165, 1.54) is 0 Å². The summed E-state index contributed by atoms with van der Waals surface area (Å²) in [5.41, 5.74) is -0.853. The number of carboxylic acid groups (broad SMARTS) is 1. The molecule has 1 aromatic heterocycles. The molecule has 0 saturated carbocycles. The van der Waals surface area contributed by atoms with Crippen LogP contribution in [0.2, 0.25) is 5.02 Å². The highest BCUT2D eigenvalue weighted by Crippen LogP contribution is 2.33. The minimum atomic E-state index is -4.45. The third-order valence-electron chi connectivity index (χ3n) is 3.94. The Morgan fingerprint density at radius 1 is 1.25 bits per heavy atom. The van der Waals surface area contributed by atoms with Crippen LogP contribution in [0.25, 0.3) is 0 Å². The Balaban J connectivity index is 1.85. The zero-order valence-corrected chi connectivity index (χ0v) is 13.8. The molecule has 0 unspecified atom stereocenters. The van der Waals surface area contributed by atoms with Crippen molar-refractivity contribution in [1.82, 2.24) is 9.88 Å². The molecule has 0 bridgehead atoms. The predicted octanol–water partition coefficient (Wildman–Crippen LogP) is 3.13. The van der Waals surface area contributed by atoms with Gasteiger partial charge in [0.2, 0.25) is 0 Å². The van der Waals surface area contributed by atoms with Gasteiger partial charge in [0.05, 0.1) is 10.6 Å². The second-order valence-electron chi connectivity index (χ2n) is 5.71. The van der Waals surface area contributed by atoms with E-state index in [1.54, 1.807) is 0 Å². The lowest BCUT2D eigenvalue weighted by Crippen LogP contribution is -2.47. The van der Waals surface area contributed by atoms with Crippen molar-refractivity contribution in [2.45, 2.75) is 25.4 Å². The van der Waals surface area contributed by atoms with Crippen LogP contribution in [0.1, 0.15) is 24.8 Å². The van der Waals surface area contributed by atoms with Crippen molar-refractivity contribution in [3.63, 3.8) is 0 Å². The fraction of sp³-hybridized carbons (Fsp3) is 0.600. The maximum absolute atomic E-state index is 12.6. The van der Waals surface area contributed by atoms with Gasteiger partial charge in [0.15, 0.2) is 0 Å². The average Bonchev–Trinajstić information content (AvgIpc) is 2.51. The average molecular weight is 366 g/mol. The lowest BCUT2D eigenvalue weighted by atomic mass is 10.2. The maximum atomic E-state index is 12.6. The normalized spacial score (nSPS) is 16.4. The minimum absolute atomic E-state index is 0.000247. The largest absolute Gasteiger partial charge is 0.481 e. The van der Waals surface area contributed by atoms with Crippen molar-refractivity contribution in [3.8, 4) is 0 Å². The van der Waals surface area contributed by atoms with Gasteiger partial charge in [-0.3, -0.25) is 9.69 Å². The monoisotopic (exact) mass is 365 g/mol. The highest BCUT2D eigenvalue weighted by Gasteiger charge is 2.32. The number of halogens is 4. The number of aliphatic carboxylic acids is 1. The molecule has 1 N–H and O–H groups in total. The van der Waals surface area contributed by atoms with Crippen molar-refractivity contribution < 1.29 is 23.1 Å². The summed E-state index contributed by atoms with van der Waals surface area (Å²) in [6.45, 7) is 3.54. The van der Waals surface area contributed by atoms with E-state index in [4.69, 9.17) is 16.7 Å². The van der Waals surface area contributed by atoms with Crippen LogP contribution in [-0.4, -0.2) is 53.7 Å². The molecule has 24 heavy (non-hydrogen) atoms. The molecular weight excluding hydrogens is 347 g/mol. The summed E-state index contributed by atoms with van der Waals surface area (Å²) in [5, 5.41) is 8.60. The standard InChI is InChI=1S/C15H19ClF3N3O2/c16-12-9-11(15(17,18)19)10-20-14(12)22-7-5-21(6-8-22)4-2-1-3-13(23)24/h9-10H,1-8H2,(H,23,24). The summed E-state index contributed by atoms with van der Waals surface area (Å²) in [7, 11) is 0. The number of piperazine rings is 1. The Morgan fingerprint density at radius 3 is 2.46 bits per heavy atom. The summed E-state index contributed by atoms with van der Waals surface area (Å²) in [6.07, 6.45) is -2.03. The van der Waals surface area contributed by atoms with Crippen LogP contribution >= 0.6 is 11.6 Å². The minimum Gasteiger partial charge on any atom is -0.481 e. The van der Waals surface area contributed by atoms with E-state index in [9.17, 15) is 18.0 Å². The maximum Gasteiger partial charge on any atom is 0.417 e. The highest BCUT2D eigenvalue weighted by molar-refractivity contribution is 6.33. The molecule has 5 nitrogen and oxygen atoms in total. The molecule has 0 aliphatic carbocycles. The van der Waals surface area contributed by atoms with Gasteiger partial charge in [-0.1, -0.05) is 11.6 Å². The Labute approximate surface area is 143 Å². The summed E-state index contributed by atoms with van der Waals surface area (Å²) in [6, 6.07) is 0.905. The number of nitrogens with zero attached hydrogens (tertiary/aromatic N) is 3. The first-order valence-corrected chi connectivity index (χ1v) is 8.07. The van der Waals surface area contributed by atoms with Crippen LogP contribution in [0.15, 0.2) is 12.3 Å². The number of pyridine rings is 1. The van der Waals surface area contributed by atoms with Crippen molar-refractivity contribution >= 4 is 23.4 Å². The molecule has 1 aliphatic heterocycles. The molecule has 1 fully saturated rings. The lowest BCUT2D eigenvalue weighted by Gasteiger charge is -2.35. The van der Waals surface area contributed by atoms with Crippen molar-refractivity contribution in [3.05, 3.63) is 22.8 Å². The molecule has 134 valence electrons. The van der Waals surface area contributed by atoms with E-state index in [0.717, 1.165) is 38.3 Å². The van der Waals surface area contributed by atoms with E-state index in [-0.39, 0.29) is 11.4 Å². The Kier molecular flexibility index (Phi) is 6.28. The zero-order chi connectivity index (χ0) is 17.7. The van der Waals surface area contributed by atoms with Crippen LogP contribution in [0.4, 0.5) is 19.0 Å². The van der Waals surface area contributed by atoms with Gasteiger partial charge in [-0.05, 0) is 25.5 Å². The van der Waals surface area contributed by atoms with Crippen molar-refractivity contribution in [2.24, 2.45) is 0 Å². The Bertz CT molecular complexity index is 576. The first-order valence-electron chi connectivity index (χ1n) is 7.69. The number of unbranched alkanes of at least 4 members (excludes halogenated alkanes) is 1. The molecule has 0 radical (unpaired) electrons. The van der Waals surface area contributed by atoms with E-state index in [2.05, 4.69) is 9.88 Å². The zero-order valence-electron chi connectivity index (χ0n) is 13.0. The molecule has 2 heterocycles. The fourth-order valence-electron chi connectivity index (χ4n) is 2.61. The fourth-order valence-corrected chi connectivity index (χ4v) is 2.90. The van der Waals surface area contributed by atoms with E-state index in [1.807, 2.05) is 4.90 Å². The number of rotatable bonds is 6. The molecule has 0 amide bonds. The van der Waals surface area contributed by atoms with Gasteiger partial charge in [-0.25, -0.2) is 4.98 Å². The molecule has 0 aromatic carbocycles. The molecule has 1 saturated heterocycles. The Hall–Kier alpha value is -1.54. The predicted molar refractivity (Wildman–Crippen MR) is 84.4 cm³/mol. The number of hydrogen-bond donors (Lipinski definition) is 1. The number of aromatic nitrogens is 1. The quantitative estimate of drug-likeness (QED) is 0.785. The van der Waals surface area contributed by atoms with Gasteiger partial charge in [0.25, 0.3) is 0 Å². The van der Waals surface area contributed by atoms with Crippen LogP contribution in [0.5, 0.6) is 0 Å². The first kappa shape index (κ1) is 18.8. The third kappa shape index (κ3) is 5.24. The second-order valence-corrected chi connectivity index (χ2v) is 6.11. The van der Waals surface area contributed by atoms with E-state index >= 15 is 0 Å². The molecule has 1 aliphatic rings. The number of carboxylic acids is 1. The van der Waals surface area contributed by atoms with Gasteiger partial charge in [0, 0.05) is 38.8 Å². The third-order valence-corrected chi connectivity index (χ3v) is 4.21. The molecule has 2 rings (SSSR count). The van der Waals surface area contributed by atoms with Crippen LogP contribution in [0.3, 0.4) is 0 Å². The van der Waals surface area contributed by atoms with Crippen molar-refractivity contribution in [2.75, 3.05) is 37.6 Å². The molecular formula is C15H19ClF3N3O2. The van der Waals surface area contributed by atoms with Gasteiger partial charge in [0.1, 0.15) is 5.82 Å². The van der Waals surface area contributed by atoms with Gasteiger partial charge in [-0.2, -0.15) is 13.2 Å². The molecule has 1 aromatic rings. The summed E-state index contributed by atoms with van der Waals surface area (Å²) in [5.74, 6) is -0.418. The number of anilines is 1. The Morgan fingerprint density at radius 2 is 1.92 bits per heavy atom.